The van der Waals surface area contributed by atoms with Gasteiger partial charge in [-0.2, -0.15) is 0 Å². The van der Waals surface area contributed by atoms with Crippen LogP contribution in [0.1, 0.15) is 38.3 Å². The first-order valence-electron chi connectivity index (χ1n) is 7.39. The smallest absolute Gasteiger partial charge is 0.119 e. The normalized spacial score (nSPS) is 21.5. The summed E-state index contributed by atoms with van der Waals surface area (Å²) >= 11 is 0. The lowest BCUT2D eigenvalue weighted by atomic mass is 10.1. The van der Waals surface area contributed by atoms with Crippen molar-refractivity contribution in [3.05, 3.63) is 29.8 Å². The molecule has 0 aromatic heterocycles. The minimum atomic E-state index is 0.483. The fourth-order valence-corrected chi connectivity index (χ4v) is 3.02. The van der Waals surface area contributed by atoms with Gasteiger partial charge in [0.25, 0.3) is 0 Å². The van der Waals surface area contributed by atoms with Crippen molar-refractivity contribution in [2.45, 2.75) is 38.8 Å². The highest BCUT2D eigenvalue weighted by Crippen LogP contribution is 2.29. The second kappa shape index (κ2) is 6.92. The van der Waals surface area contributed by atoms with Gasteiger partial charge in [0.05, 0.1) is 6.61 Å². The first-order valence-corrected chi connectivity index (χ1v) is 7.39. The van der Waals surface area contributed by atoms with E-state index in [-0.39, 0.29) is 0 Å². The van der Waals surface area contributed by atoms with Crippen molar-refractivity contribution >= 4 is 0 Å². The van der Waals surface area contributed by atoms with Crippen LogP contribution in [-0.4, -0.2) is 37.7 Å². The standard InChI is InChI=1S/C16H26N2O/c1-4-19-16-9-7-14(8-10-16)13(2)18-11-5-6-15(18)12-17-3/h7-10,13,15,17H,4-6,11-12H2,1-3H3. The van der Waals surface area contributed by atoms with Crippen LogP contribution in [0.3, 0.4) is 0 Å². The first kappa shape index (κ1) is 14.4. The topological polar surface area (TPSA) is 24.5 Å². The fourth-order valence-electron chi connectivity index (χ4n) is 3.02. The maximum absolute atomic E-state index is 5.50. The summed E-state index contributed by atoms with van der Waals surface area (Å²) in [4.78, 5) is 2.62. The second-order valence-electron chi connectivity index (χ2n) is 5.27. The highest BCUT2D eigenvalue weighted by atomic mass is 16.5. The molecule has 1 aliphatic rings. The lowest BCUT2D eigenvalue weighted by molar-refractivity contribution is 0.191. The molecular formula is C16H26N2O. The van der Waals surface area contributed by atoms with Crippen LogP contribution in [0.15, 0.2) is 24.3 Å². The maximum atomic E-state index is 5.50. The minimum absolute atomic E-state index is 0.483. The van der Waals surface area contributed by atoms with E-state index in [1.165, 1.54) is 24.9 Å². The van der Waals surface area contributed by atoms with Crippen LogP contribution < -0.4 is 10.1 Å². The van der Waals surface area contributed by atoms with E-state index in [4.69, 9.17) is 4.74 Å². The van der Waals surface area contributed by atoms with E-state index in [0.717, 1.165) is 18.9 Å². The van der Waals surface area contributed by atoms with Gasteiger partial charge in [-0.1, -0.05) is 12.1 Å². The summed E-state index contributed by atoms with van der Waals surface area (Å²) in [7, 11) is 2.04. The number of benzene rings is 1. The van der Waals surface area contributed by atoms with Crippen LogP contribution in [-0.2, 0) is 0 Å². The monoisotopic (exact) mass is 262 g/mol. The molecule has 1 aliphatic heterocycles. The Bertz CT molecular complexity index is 377. The van der Waals surface area contributed by atoms with Crippen LogP contribution in [0, 0.1) is 0 Å². The van der Waals surface area contributed by atoms with Gasteiger partial charge in [-0.15, -0.1) is 0 Å². The van der Waals surface area contributed by atoms with Crippen molar-refractivity contribution in [3.8, 4) is 5.75 Å². The molecular weight excluding hydrogens is 236 g/mol. The van der Waals surface area contributed by atoms with Crippen molar-refractivity contribution < 1.29 is 4.74 Å². The van der Waals surface area contributed by atoms with Crippen LogP contribution in [0.4, 0.5) is 0 Å². The molecule has 1 fully saturated rings. The maximum Gasteiger partial charge on any atom is 0.119 e. The van der Waals surface area contributed by atoms with Gasteiger partial charge in [0, 0.05) is 18.6 Å². The molecule has 0 aliphatic carbocycles. The predicted molar refractivity (Wildman–Crippen MR) is 79.7 cm³/mol. The Kier molecular flexibility index (Phi) is 5.23. The Morgan fingerprint density at radius 3 is 2.74 bits per heavy atom. The van der Waals surface area contributed by atoms with Gasteiger partial charge in [-0.3, -0.25) is 4.90 Å². The molecule has 2 rings (SSSR count). The zero-order valence-electron chi connectivity index (χ0n) is 12.4. The molecule has 1 saturated heterocycles. The highest BCUT2D eigenvalue weighted by molar-refractivity contribution is 5.29. The van der Waals surface area contributed by atoms with Gasteiger partial charge in [0.1, 0.15) is 5.75 Å². The van der Waals surface area contributed by atoms with Crippen LogP contribution in [0.25, 0.3) is 0 Å². The second-order valence-corrected chi connectivity index (χ2v) is 5.27. The van der Waals surface area contributed by atoms with Gasteiger partial charge < -0.3 is 10.1 Å². The molecule has 3 nitrogen and oxygen atoms in total. The Hall–Kier alpha value is -1.06. The molecule has 0 amide bonds. The predicted octanol–water partition coefficient (Wildman–Crippen LogP) is 2.83. The average molecular weight is 262 g/mol. The van der Waals surface area contributed by atoms with E-state index in [1.807, 2.05) is 14.0 Å². The highest BCUT2D eigenvalue weighted by Gasteiger charge is 2.28. The van der Waals surface area contributed by atoms with E-state index in [9.17, 15) is 0 Å². The Morgan fingerprint density at radius 1 is 1.37 bits per heavy atom. The number of likely N-dealkylation sites (N-methyl/N-ethyl adjacent to an activating group) is 1. The summed E-state index contributed by atoms with van der Waals surface area (Å²) in [6.45, 7) is 7.35. The van der Waals surface area contributed by atoms with Crippen LogP contribution in [0.5, 0.6) is 5.75 Å². The number of rotatable bonds is 6. The summed E-state index contributed by atoms with van der Waals surface area (Å²) in [6, 6.07) is 9.72. The third-order valence-corrected chi connectivity index (χ3v) is 4.03. The number of nitrogens with one attached hydrogen (secondary N) is 1. The average Bonchev–Trinajstić information content (AvgIpc) is 2.88. The van der Waals surface area contributed by atoms with Crippen molar-refractivity contribution in [3.63, 3.8) is 0 Å². The van der Waals surface area contributed by atoms with Gasteiger partial charge in [0.15, 0.2) is 0 Å². The van der Waals surface area contributed by atoms with Gasteiger partial charge in [-0.25, -0.2) is 0 Å². The van der Waals surface area contributed by atoms with Gasteiger partial charge >= 0.3 is 0 Å². The number of ether oxygens (including phenoxy) is 1. The van der Waals surface area contributed by atoms with Gasteiger partial charge in [0.2, 0.25) is 0 Å². The fraction of sp³-hybridized carbons (Fsp3) is 0.625. The molecule has 0 radical (unpaired) electrons. The number of hydrogen-bond acceptors (Lipinski definition) is 3. The molecule has 2 atom stereocenters. The number of nitrogens with zero attached hydrogens (tertiary/aromatic N) is 1. The van der Waals surface area contributed by atoms with E-state index < -0.39 is 0 Å². The molecule has 3 heteroatoms. The zero-order valence-corrected chi connectivity index (χ0v) is 12.4. The Balaban J connectivity index is 2.03. The van der Waals surface area contributed by atoms with Crippen molar-refractivity contribution in [1.82, 2.24) is 10.2 Å². The van der Waals surface area contributed by atoms with Crippen molar-refractivity contribution in [2.24, 2.45) is 0 Å². The third-order valence-electron chi connectivity index (χ3n) is 4.03. The van der Waals surface area contributed by atoms with Crippen LogP contribution >= 0.6 is 0 Å². The Morgan fingerprint density at radius 2 is 2.11 bits per heavy atom. The largest absolute Gasteiger partial charge is 0.494 e. The van der Waals surface area contributed by atoms with Gasteiger partial charge in [-0.05, 0) is 58.0 Å². The Labute approximate surface area is 116 Å². The summed E-state index contributed by atoms with van der Waals surface area (Å²) in [5.41, 5.74) is 1.38. The summed E-state index contributed by atoms with van der Waals surface area (Å²) in [6.07, 6.45) is 2.62. The first-order chi connectivity index (χ1) is 9.26. The van der Waals surface area contributed by atoms with E-state index in [2.05, 4.69) is 41.4 Å². The summed E-state index contributed by atoms with van der Waals surface area (Å²) in [5.74, 6) is 0.964. The third kappa shape index (κ3) is 3.48. The molecule has 0 spiro atoms. The lowest BCUT2D eigenvalue weighted by Crippen LogP contribution is -2.38. The molecule has 1 aromatic rings. The van der Waals surface area contributed by atoms with Crippen LogP contribution in [0.2, 0.25) is 0 Å². The molecule has 19 heavy (non-hydrogen) atoms. The summed E-state index contributed by atoms with van der Waals surface area (Å²) in [5, 5.41) is 3.31. The van der Waals surface area contributed by atoms with Crippen molar-refractivity contribution in [1.29, 1.82) is 0 Å². The molecule has 1 N–H and O–H groups in total. The molecule has 1 aromatic carbocycles. The van der Waals surface area contributed by atoms with E-state index >= 15 is 0 Å². The molecule has 0 bridgehead atoms. The SMILES string of the molecule is CCOc1ccc(C(C)N2CCCC2CNC)cc1. The molecule has 106 valence electrons. The van der Waals surface area contributed by atoms with E-state index in [0.29, 0.717) is 12.1 Å². The van der Waals surface area contributed by atoms with Crippen molar-refractivity contribution in [2.75, 3.05) is 26.7 Å². The lowest BCUT2D eigenvalue weighted by Gasteiger charge is -2.31. The van der Waals surface area contributed by atoms with E-state index in [1.54, 1.807) is 0 Å². The zero-order chi connectivity index (χ0) is 13.7. The number of likely N-dealkylation sites (tertiary alicyclic amines) is 1. The molecule has 1 heterocycles. The molecule has 2 unspecified atom stereocenters. The molecule has 0 saturated carbocycles. The summed E-state index contributed by atoms with van der Waals surface area (Å²) < 4.78 is 5.50. The minimum Gasteiger partial charge on any atom is -0.494 e. The number of hydrogen-bond donors (Lipinski definition) is 1. The quantitative estimate of drug-likeness (QED) is 0.853.